The van der Waals surface area contributed by atoms with E-state index in [2.05, 4.69) is 86.8 Å². The van der Waals surface area contributed by atoms with E-state index in [1.807, 2.05) is 55.5 Å². The summed E-state index contributed by atoms with van der Waals surface area (Å²) in [5, 5.41) is 45.5. The molecule has 1 aliphatic heterocycles. The van der Waals surface area contributed by atoms with E-state index in [1.54, 1.807) is 72.6 Å². The number of amides is 3. The van der Waals surface area contributed by atoms with Gasteiger partial charge in [0.2, 0.25) is 5.75 Å². The summed E-state index contributed by atoms with van der Waals surface area (Å²) in [6.07, 6.45) is 1.66. The molecule has 0 saturated heterocycles. The summed E-state index contributed by atoms with van der Waals surface area (Å²) in [5.41, 5.74) is 5.68. The van der Waals surface area contributed by atoms with Gasteiger partial charge in [-0.25, -0.2) is 0 Å². The molecule has 8 aromatic rings. The van der Waals surface area contributed by atoms with Crippen molar-refractivity contribution < 1.29 is 29.3 Å². The highest BCUT2D eigenvalue weighted by molar-refractivity contribution is 9.10. The lowest BCUT2D eigenvalue weighted by atomic mass is 10.0. The number of halogens is 1. The highest BCUT2D eigenvalue weighted by atomic mass is 79.9. The fourth-order valence-corrected chi connectivity index (χ4v) is 8.31. The minimum absolute atomic E-state index is 0.0139. The second-order valence-electron chi connectivity index (χ2n) is 19.0. The highest BCUT2D eigenvalue weighted by Crippen LogP contribution is 2.41. The minimum Gasteiger partial charge on any atom is -0.505 e. The van der Waals surface area contributed by atoms with Crippen molar-refractivity contribution in [3.05, 3.63) is 210 Å². The summed E-state index contributed by atoms with van der Waals surface area (Å²) in [4.78, 5) is 112. The van der Waals surface area contributed by atoms with Crippen molar-refractivity contribution in [2.24, 2.45) is 5.73 Å². The van der Waals surface area contributed by atoms with Crippen LogP contribution in [0.3, 0.4) is 0 Å². The largest absolute Gasteiger partial charge is 0.505 e. The zero-order valence-electron chi connectivity index (χ0n) is 46.8. The summed E-state index contributed by atoms with van der Waals surface area (Å²) < 4.78 is 5.50. The number of fused-ring (bicyclic) bond motifs is 2. The number of anilines is 7. The molecule has 2 atom stereocenters. The number of hydrogen-bond acceptors (Lipinski definition) is 17. The maximum Gasteiger partial charge on any atom is 0.307 e. The first-order valence-corrected chi connectivity index (χ1v) is 26.5. The molecule has 3 amide bonds. The predicted octanol–water partition coefficient (Wildman–Crippen LogP) is 6.46. The monoisotopic (exact) mass is 1210 g/mol. The fourth-order valence-electron chi connectivity index (χ4n) is 7.93. The smallest absolute Gasteiger partial charge is 0.307 e. The Kier molecular flexibility index (Phi) is 21.2. The first-order chi connectivity index (χ1) is 40.0. The van der Waals surface area contributed by atoms with Gasteiger partial charge in [-0.15, -0.1) is 0 Å². The minimum atomic E-state index is -0.589. The zero-order valence-corrected chi connectivity index (χ0v) is 48.4. The van der Waals surface area contributed by atoms with Crippen LogP contribution in [0.15, 0.2) is 149 Å². The van der Waals surface area contributed by atoms with E-state index in [0.717, 1.165) is 12.0 Å². The van der Waals surface area contributed by atoms with Gasteiger partial charge in [0.05, 0.1) is 39.8 Å². The van der Waals surface area contributed by atoms with Gasteiger partial charge in [-0.3, -0.25) is 73.7 Å². The molecule has 0 aliphatic carbocycles. The van der Waals surface area contributed by atoms with E-state index < -0.39 is 39.3 Å². The van der Waals surface area contributed by atoms with Crippen molar-refractivity contribution in [1.82, 2.24) is 45.3 Å². The van der Waals surface area contributed by atoms with Crippen LogP contribution in [0.5, 0.6) is 23.0 Å². The summed E-state index contributed by atoms with van der Waals surface area (Å²) in [6, 6.07) is 33.7. The average Bonchev–Trinajstić information content (AvgIpc) is 1.98. The van der Waals surface area contributed by atoms with Crippen LogP contribution in [-0.2, 0) is 0 Å². The molecule has 0 radical (unpaired) electrons. The number of aromatic amines is 6. The lowest BCUT2D eigenvalue weighted by Crippen LogP contribution is -2.27. The lowest BCUT2D eigenvalue weighted by molar-refractivity contribution is 0.0817. The van der Waals surface area contributed by atoms with E-state index in [-0.39, 0.29) is 96.6 Å². The molecule has 1 aliphatic rings. The van der Waals surface area contributed by atoms with Gasteiger partial charge in [-0.2, -0.15) is 0 Å². The van der Waals surface area contributed by atoms with Gasteiger partial charge in [0.15, 0.2) is 22.9 Å². The Morgan fingerprint density at radius 3 is 1.45 bits per heavy atom. The van der Waals surface area contributed by atoms with Gasteiger partial charge >= 0.3 is 5.56 Å². The SMILES string of the molecule is CC[C@@H](N)c1ccccc1.CC[C@@H](Nc1c(Nc2cccc(C(=O)N(C)C)c2O)c(=O)[nH][nH]c1=O)c1ccccc1.CN(C)C(=O)c1cccc(Nc2c(Br)c(=O)[nH][nH]c2=O)c1O.CN(C)C(=O)c1cccc2c1Oc1c(c(=O)[nH][nH]c1=O)N2. The molecule has 5 aromatic carbocycles. The van der Waals surface area contributed by atoms with Gasteiger partial charge in [0, 0.05) is 48.3 Å². The number of nitrogens with one attached hydrogen (secondary N) is 10. The van der Waals surface area contributed by atoms with Crippen LogP contribution in [0.25, 0.3) is 0 Å². The normalized spacial score (nSPS) is 11.5. The van der Waals surface area contributed by atoms with Crippen molar-refractivity contribution in [3.8, 4) is 23.0 Å². The standard InChI is InChI=1S/C22H25N5O4.C13H13BrN4O4.C13H12N4O4.C9H13N/c1-4-15(13-9-6-5-7-10-13)23-17-18(21(30)26-25-20(17)29)24-16-12-8-11-14(19(16)28)22(31)27(2)3;1-18(2)13(22)6-4-3-5-7(10(6)19)15-9-8(14)11(20)16-17-12(9)21;1-17(2)13(20)6-4-3-5-7-9(6)21-10-8(14-7)11(18)15-16-12(10)19;1-2-9(10)8-6-4-3-5-7-8/h5-12,15,28H,4H2,1-3H3,(H2,23,26,30)(H2,24,25,29);3-5,19H,1-2H3,(H,17,21)(H2,15,16,20);3-5,14H,1-2H3,(H,15,18)(H,16,19);3-7,9H,2,10H2,1H3/t15-;;;9-/m1..1/s1. The van der Waals surface area contributed by atoms with Crippen LogP contribution in [0.4, 0.5) is 39.8 Å². The Morgan fingerprint density at radius 2 is 0.940 bits per heavy atom. The summed E-state index contributed by atoms with van der Waals surface area (Å²) in [6.45, 7) is 4.05. The Bertz CT molecular complexity index is 4030. The number of H-pyrrole nitrogens is 6. The van der Waals surface area contributed by atoms with Gasteiger partial charge in [-0.05, 0) is 76.3 Å². The molecule has 4 heterocycles. The first kappa shape index (κ1) is 62.8. The Morgan fingerprint density at radius 1 is 0.512 bits per heavy atom. The maximum absolute atomic E-state index is 12.6. The molecule has 0 spiro atoms. The molecule has 440 valence electrons. The predicted molar refractivity (Wildman–Crippen MR) is 324 cm³/mol. The number of carbonyl (C=O) groups excluding carboxylic acids is 3. The van der Waals surface area contributed by atoms with Gasteiger partial charge in [0.25, 0.3) is 45.5 Å². The molecule has 0 fully saturated rings. The van der Waals surface area contributed by atoms with Gasteiger partial charge < -0.3 is 56.7 Å². The van der Waals surface area contributed by atoms with Crippen molar-refractivity contribution in [2.75, 3.05) is 63.6 Å². The molecule has 27 heteroatoms. The third-order valence-corrected chi connectivity index (χ3v) is 13.2. The molecular formula is C57H63BrN14O12. The molecule has 0 saturated carbocycles. The number of phenolic OH excluding ortho intramolecular Hbond substituents is 2. The van der Waals surface area contributed by atoms with Crippen molar-refractivity contribution >= 4 is 73.5 Å². The molecule has 0 bridgehead atoms. The molecule has 0 unspecified atom stereocenters. The third kappa shape index (κ3) is 14.9. The number of hydrogen-bond donors (Lipinski definition) is 13. The van der Waals surface area contributed by atoms with Crippen LogP contribution in [-0.4, -0.2) is 116 Å². The summed E-state index contributed by atoms with van der Waals surface area (Å²) in [5.74, 6) is -1.62. The number of ether oxygens (including phenoxy) is 1. The second-order valence-corrected chi connectivity index (χ2v) is 19.8. The van der Waals surface area contributed by atoms with Crippen molar-refractivity contribution in [1.29, 1.82) is 0 Å². The van der Waals surface area contributed by atoms with Crippen LogP contribution in [0.1, 0.15) is 81.0 Å². The molecule has 26 nitrogen and oxygen atoms in total. The third-order valence-electron chi connectivity index (χ3n) is 12.5. The maximum atomic E-state index is 12.6. The topological polar surface area (TPSA) is 382 Å². The summed E-state index contributed by atoms with van der Waals surface area (Å²) >= 11 is 3.00. The number of nitrogens with two attached hydrogens (primary N) is 1. The zero-order chi connectivity index (χ0) is 61.5. The van der Waals surface area contributed by atoms with E-state index in [1.165, 1.54) is 44.5 Å². The molecule has 14 N–H and O–H groups in total. The van der Waals surface area contributed by atoms with Gasteiger partial charge in [-0.1, -0.05) is 92.7 Å². The number of aromatic nitrogens is 6. The van der Waals surface area contributed by atoms with Crippen LogP contribution in [0.2, 0.25) is 0 Å². The van der Waals surface area contributed by atoms with E-state index in [9.17, 15) is 53.4 Å². The Labute approximate surface area is 486 Å². The number of rotatable bonds is 13. The van der Waals surface area contributed by atoms with E-state index in [0.29, 0.717) is 17.7 Å². The van der Waals surface area contributed by atoms with E-state index >= 15 is 0 Å². The number of phenols is 2. The first-order valence-electron chi connectivity index (χ1n) is 25.7. The van der Waals surface area contributed by atoms with Crippen LogP contribution >= 0.6 is 15.9 Å². The molecular weight excluding hydrogens is 1150 g/mol. The Balaban J connectivity index is 0.000000190. The van der Waals surface area contributed by atoms with Gasteiger partial charge in [0.1, 0.15) is 21.5 Å². The number of nitrogens with zero attached hydrogens (tertiary/aromatic N) is 3. The number of aromatic hydroxyl groups is 2. The number of benzene rings is 5. The average molecular weight is 1220 g/mol. The molecule has 84 heavy (non-hydrogen) atoms. The highest BCUT2D eigenvalue weighted by Gasteiger charge is 2.28. The van der Waals surface area contributed by atoms with Crippen molar-refractivity contribution in [2.45, 2.75) is 38.8 Å². The number of para-hydroxylation sites is 3. The lowest BCUT2D eigenvalue weighted by Gasteiger charge is -2.22. The summed E-state index contributed by atoms with van der Waals surface area (Å²) in [7, 11) is 9.48. The van der Waals surface area contributed by atoms with Crippen LogP contribution in [0, 0.1) is 0 Å². The molecule has 3 aromatic heterocycles. The quantitative estimate of drug-likeness (QED) is 0.0550. The van der Waals surface area contributed by atoms with E-state index in [4.69, 9.17) is 10.5 Å². The Hall–Kier alpha value is -10.4. The second kappa shape index (κ2) is 28.3. The molecule has 9 rings (SSSR count). The fraction of sp³-hybridized carbons (Fsp3) is 0.211. The number of carbonyl (C=O) groups is 3. The van der Waals surface area contributed by atoms with Crippen molar-refractivity contribution in [3.63, 3.8) is 0 Å². The van der Waals surface area contributed by atoms with Crippen LogP contribution < -0.4 is 65.1 Å².